The van der Waals surface area contributed by atoms with Gasteiger partial charge in [0.05, 0.1) is 17.0 Å². The third-order valence-electron chi connectivity index (χ3n) is 5.48. The Labute approximate surface area is 162 Å². The first-order valence-electron chi connectivity index (χ1n) is 8.57. The number of hydrogen-bond acceptors (Lipinski definition) is 6. The number of aromatic nitrogens is 2. The van der Waals surface area contributed by atoms with Gasteiger partial charge in [0, 0.05) is 30.9 Å². The fourth-order valence-corrected chi connectivity index (χ4v) is 4.68. The molecule has 0 amide bonds. The molecular weight excluding hydrogens is 420 g/mol. The minimum absolute atomic E-state index is 0.0159. The Kier molecular flexibility index (Phi) is 4.59. The number of nitrogens with two attached hydrogens (primary N) is 1. The molecule has 1 atom stereocenters. The van der Waals surface area contributed by atoms with E-state index in [9.17, 15) is 26.0 Å². The fourth-order valence-electron chi connectivity index (χ4n) is 3.99. The van der Waals surface area contributed by atoms with Gasteiger partial charge in [-0.25, -0.2) is 23.9 Å². The van der Waals surface area contributed by atoms with Crippen molar-refractivity contribution in [2.45, 2.75) is 31.3 Å². The Morgan fingerprint density at radius 3 is 2.62 bits per heavy atom. The monoisotopic (exact) mass is 436 g/mol. The molecule has 2 N–H and O–H groups in total. The van der Waals surface area contributed by atoms with Crippen molar-refractivity contribution in [3.8, 4) is 17.3 Å². The number of rotatable bonds is 5. The minimum Gasteiger partial charge on any atom is -0.444 e. The van der Waals surface area contributed by atoms with Crippen LogP contribution in [0.25, 0.3) is 11.5 Å². The summed E-state index contributed by atoms with van der Waals surface area (Å²) in [6, 6.07) is 2.58. The number of pyridine rings is 1. The standard InChI is InChI=1S/C16H16F4N4O4S/c17-14(18)28-11-7-9(1-4-22-11)13-23-10(8-27-13)12-15(16(12,19)20)2-5-24(6-3-15)29(21,25)26/h1,4,7-8,12,14H,2-3,5-6H2,(H2,21,25,26)/t12-/m0/s1. The summed E-state index contributed by atoms with van der Waals surface area (Å²) in [7, 11) is -3.93. The van der Waals surface area contributed by atoms with Gasteiger partial charge in [0.2, 0.25) is 11.8 Å². The summed E-state index contributed by atoms with van der Waals surface area (Å²) in [6.45, 7) is -3.27. The number of hydrogen-bond donors (Lipinski definition) is 1. The van der Waals surface area contributed by atoms with Crippen molar-refractivity contribution in [1.29, 1.82) is 0 Å². The Hall–Kier alpha value is -2.25. The number of oxazole rings is 1. The van der Waals surface area contributed by atoms with E-state index < -0.39 is 34.1 Å². The Balaban J connectivity index is 1.55. The third-order valence-corrected chi connectivity index (χ3v) is 6.56. The number of ether oxygens (including phenoxy) is 1. The molecule has 0 unspecified atom stereocenters. The van der Waals surface area contributed by atoms with E-state index in [4.69, 9.17) is 9.56 Å². The second kappa shape index (κ2) is 6.64. The summed E-state index contributed by atoms with van der Waals surface area (Å²) in [5.74, 6) is -4.70. The average Bonchev–Trinajstić information content (AvgIpc) is 2.96. The molecule has 2 fully saturated rings. The molecule has 1 saturated heterocycles. The van der Waals surface area contributed by atoms with E-state index in [2.05, 4.69) is 14.7 Å². The molecule has 13 heteroatoms. The van der Waals surface area contributed by atoms with Crippen molar-refractivity contribution >= 4 is 10.2 Å². The maximum Gasteiger partial charge on any atom is 0.388 e. The van der Waals surface area contributed by atoms with Crippen LogP contribution >= 0.6 is 0 Å². The second-order valence-corrected chi connectivity index (χ2v) is 8.54. The van der Waals surface area contributed by atoms with Crippen LogP contribution in [0.2, 0.25) is 0 Å². The first kappa shape index (κ1) is 20.0. The van der Waals surface area contributed by atoms with Gasteiger partial charge in [-0.05, 0) is 18.9 Å². The van der Waals surface area contributed by atoms with Crippen LogP contribution in [0.4, 0.5) is 17.6 Å². The normalized spacial score (nSPS) is 23.4. The van der Waals surface area contributed by atoms with Crippen molar-refractivity contribution in [2.75, 3.05) is 13.1 Å². The van der Waals surface area contributed by atoms with Gasteiger partial charge in [-0.1, -0.05) is 0 Å². The van der Waals surface area contributed by atoms with Crippen molar-refractivity contribution in [1.82, 2.24) is 14.3 Å². The molecule has 29 heavy (non-hydrogen) atoms. The quantitative estimate of drug-likeness (QED) is 0.721. The van der Waals surface area contributed by atoms with Gasteiger partial charge in [0.25, 0.3) is 16.1 Å². The maximum absolute atomic E-state index is 14.7. The fraction of sp³-hybridized carbons (Fsp3) is 0.500. The SMILES string of the molecule is NS(=O)(=O)N1CCC2(CC1)[C@H](c1coc(-c3ccnc(OC(F)F)c3)n1)C2(F)F. The lowest BCUT2D eigenvalue weighted by Gasteiger charge is -2.30. The molecule has 2 aliphatic rings. The summed E-state index contributed by atoms with van der Waals surface area (Å²) < 4.78 is 87.3. The summed E-state index contributed by atoms with van der Waals surface area (Å²) in [5, 5.41) is 5.06. The number of piperidine rings is 1. The van der Waals surface area contributed by atoms with Crippen LogP contribution in [-0.2, 0) is 10.2 Å². The van der Waals surface area contributed by atoms with Crippen LogP contribution in [0.3, 0.4) is 0 Å². The van der Waals surface area contributed by atoms with Crippen LogP contribution in [0.5, 0.6) is 5.88 Å². The zero-order chi connectivity index (χ0) is 21.0. The van der Waals surface area contributed by atoms with Gasteiger partial charge >= 0.3 is 6.61 Å². The van der Waals surface area contributed by atoms with Gasteiger partial charge in [-0.2, -0.15) is 21.5 Å². The van der Waals surface area contributed by atoms with Crippen LogP contribution in [0.15, 0.2) is 29.0 Å². The van der Waals surface area contributed by atoms with E-state index in [0.29, 0.717) is 0 Å². The van der Waals surface area contributed by atoms with Crippen LogP contribution in [0, 0.1) is 5.41 Å². The molecule has 158 valence electrons. The highest BCUT2D eigenvalue weighted by Gasteiger charge is 2.81. The van der Waals surface area contributed by atoms with Crippen molar-refractivity contribution in [2.24, 2.45) is 10.6 Å². The first-order valence-corrected chi connectivity index (χ1v) is 10.1. The molecule has 1 spiro atoms. The van der Waals surface area contributed by atoms with Crippen molar-refractivity contribution in [3.63, 3.8) is 0 Å². The second-order valence-electron chi connectivity index (χ2n) is 6.99. The Morgan fingerprint density at radius 2 is 2.00 bits per heavy atom. The molecule has 0 radical (unpaired) electrons. The molecule has 1 aliphatic carbocycles. The lowest BCUT2D eigenvalue weighted by atomic mass is 9.91. The van der Waals surface area contributed by atoms with Crippen LogP contribution in [0.1, 0.15) is 24.5 Å². The predicted molar refractivity (Wildman–Crippen MR) is 90.4 cm³/mol. The van der Waals surface area contributed by atoms with E-state index in [1.54, 1.807) is 0 Å². The highest BCUT2D eigenvalue weighted by atomic mass is 32.2. The predicted octanol–water partition coefficient (Wildman–Crippen LogP) is 2.36. The number of halogens is 4. The van der Waals surface area contributed by atoms with Gasteiger partial charge in [0.15, 0.2) is 0 Å². The summed E-state index contributed by atoms with van der Waals surface area (Å²) in [6.07, 6.45) is 2.17. The zero-order valence-corrected chi connectivity index (χ0v) is 15.6. The number of nitrogens with zero attached hydrogens (tertiary/aromatic N) is 3. The highest BCUT2D eigenvalue weighted by molar-refractivity contribution is 7.86. The van der Waals surface area contributed by atoms with Crippen molar-refractivity contribution < 1.29 is 35.1 Å². The Bertz CT molecular complexity index is 1020. The largest absolute Gasteiger partial charge is 0.444 e. The van der Waals surface area contributed by atoms with Crippen molar-refractivity contribution in [3.05, 3.63) is 30.3 Å². The van der Waals surface area contributed by atoms with E-state index in [1.807, 2.05) is 0 Å². The molecule has 2 aromatic heterocycles. The third kappa shape index (κ3) is 3.36. The molecule has 1 aliphatic heterocycles. The molecule has 8 nitrogen and oxygen atoms in total. The van der Waals surface area contributed by atoms with E-state index in [-0.39, 0.29) is 49.0 Å². The highest BCUT2D eigenvalue weighted by Crippen LogP contribution is 2.75. The number of alkyl halides is 4. The molecule has 0 bridgehead atoms. The smallest absolute Gasteiger partial charge is 0.388 e. The Morgan fingerprint density at radius 1 is 1.31 bits per heavy atom. The molecule has 4 rings (SSSR count). The summed E-state index contributed by atoms with van der Waals surface area (Å²) in [5.41, 5.74) is -1.16. The maximum atomic E-state index is 14.7. The molecule has 1 saturated carbocycles. The minimum atomic E-state index is -3.93. The van der Waals surface area contributed by atoms with E-state index >= 15 is 0 Å². The molecule has 3 heterocycles. The molecular formula is C16H16F4N4O4S. The average molecular weight is 436 g/mol. The summed E-state index contributed by atoms with van der Waals surface area (Å²) >= 11 is 0. The first-order chi connectivity index (χ1) is 13.5. The summed E-state index contributed by atoms with van der Waals surface area (Å²) in [4.78, 5) is 7.72. The van der Waals surface area contributed by atoms with Gasteiger partial charge < -0.3 is 9.15 Å². The van der Waals surface area contributed by atoms with Gasteiger partial charge in [-0.15, -0.1) is 0 Å². The lowest BCUT2D eigenvalue weighted by molar-refractivity contribution is -0.0528. The van der Waals surface area contributed by atoms with Gasteiger partial charge in [-0.3, -0.25) is 0 Å². The topological polar surface area (TPSA) is 112 Å². The van der Waals surface area contributed by atoms with E-state index in [1.165, 1.54) is 12.3 Å². The van der Waals surface area contributed by atoms with Gasteiger partial charge in [0.1, 0.15) is 6.26 Å². The van der Waals surface area contributed by atoms with Crippen LogP contribution < -0.4 is 9.88 Å². The van der Waals surface area contributed by atoms with Crippen LogP contribution in [-0.4, -0.2) is 48.3 Å². The van der Waals surface area contributed by atoms with E-state index in [0.717, 1.165) is 16.6 Å². The lowest BCUT2D eigenvalue weighted by Crippen LogP contribution is -2.43. The zero-order valence-electron chi connectivity index (χ0n) is 14.8. The molecule has 0 aromatic carbocycles. The molecule has 2 aromatic rings.